The summed E-state index contributed by atoms with van der Waals surface area (Å²) in [5.74, 6) is 0. The Bertz CT molecular complexity index is 546. The van der Waals surface area contributed by atoms with E-state index in [0.29, 0.717) is 11.1 Å². The van der Waals surface area contributed by atoms with Crippen LogP contribution in [0.4, 0.5) is 5.69 Å². The topological polar surface area (TPSA) is 77.3 Å². The minimum atomic E-state index is -3.30. The maximum atomic E-state index is 11.0. The molecule has 5 nitrogen and oxygen atoms in total. The van der Waals surface area contributed by atoms with Crippen LogP contribution in [0.5, 0.6) is 0 Å². The van der Waals surface area contributed by atoms with Gasteiger partial charge in [0.05, 0.1) is 10.5 Å². The van der Waals surface area contributed by atoms with Gasteiger partial charge in [-0.2, -0.15) is 0 Å². The molecule has 1 aromatic rings. The zero-order valence-corrected chi connectivity index (χ0v) is 9.69. The lowest BCUT2D eigenvalue weighted by Crippen LogP contribution is -1.96. The number of para-hydroxylation sites is 1. The number of benzene rings is 1. The number of hydrogen-bond donors (Lipinski definition) is 0. The Hall–Kier alpha value is -1.69. The smallest absolute Gasteiger partial charge is 0.258 e. The molecule has 0 aliphatic heterocycles. The first-order chi connectivity index (χ1) is 7.31. The zero-order valence-electron chi connectivity index (χ0n) is 8.88. The van der Waals surface area contributed by atoms with Crippen molar-refractivity contribution in [3.05, 3.63) is 45.4 Å². The van der Waals surface area contributed by atoms with Crippen LogP contribution in [-0.2, 0) is 9.84 Å². The van der Waals surface area contributed by atoms with Crippen LogP contribution in [0.2, 0.25) is 0 Å². The van der Waals surface area contributed by atoms with E-state index in [1.165, 1.54) is 25.1 Å². The van der Waals surface area contributed by atoms with Crippen molar-refractivity contribution in [3.63, 3.8) is 0 Å². The number of allylic oxidation sites excluding steroid dienone is 1. The van der Waals surface area contributed by atoms with Gasteiger partial charge in [0.15, 0.2) is 9.84 Å². The molecule has 0 N–H and O–H groups in total. The van der Waals surface area contributed by atoms with Crippen LogP contribution in [0.25, 0.3) is 5.57 Å². The molecule has 0 aliphatic carbocycles. The van der Waals surface area contributed by atoms with Crippen LogP contribution >= 0.6 is 0 Å². The lowest BCUT2D eigenvalue weighted by Gasteiger charge is -2.02. The highest BCUT2D eigenvalue weighted by molar-refractivity contribution is 7.93. The van der Waals surface area contributed by atoms with Gasteiger partial charge in [0.25, 0.3) is 5.69 Å². The Morgan fingerprint density at radius 3 is 2.44 bits per heavy atom. The van der Waals surface area contributed by atoms with E-state index in [-0.39, 0.29) is 5.69 Å². The Kier molecular flexibility index (Phi) is 3.44. The maximum Gasteiger partial charge on any atom is 0.276 e. The zero-order chi connectivity index (χ0) is 12.3. The third-order valence-corrected chi connectivity index (χ3v) is 2.70. The first-order valence-corrected chi connectivity index (χ1v) is 6.39. The normalized spacial score (nSPS) is 12.5. The monoisotopic (exact) mass is 241 g/mol. The predicted molar refractivity (Wildman–Crippen MR) is 61.6 cm³/mol. The highest BCUT2D eigenvalue weighted by Crippen LogP contribution is 2.25. The van der Waals surface area contributed by atoms with Gasteiger partial charge in [-0.1, -0.05) is 12.1 Å². The largest absolute Gasteiger partial charge is 0.276 e. The highest BCUT2D eigenvalue weighted by atomic mass is 32.2. The molecular weight excluding hydrogens is 230 g/mol. The van der Waals surface area contributed by atoms with Gasteiger partial charge in [-0.25, -0.2) is 8.42 Å². The van der Waals surface area contributed by atoms with Crippen molar-refractivity contribution in [1.82, 2.24) is 0 Å². The van der Waals surface area contributed by atoms with Crippen LogP contribution in [0.15, 0.2) is 29.7 Å². The fraction of sp³-hybridized carbons (Fsp3) is 0.200. The molecule has 0 saturated heterocycles. The molecule has 0 aliphatic rings. The number of rotatable bonds is 3. The van der Waals surface area contributed by atoms with Crippen molar-refractivity contribution in [2.45, 2.75) is 6.92 Å². The summed E-state index contributed by atoms with van der Waals surface area (Å²) in [5.41, 5.74) is 0.577. The molecule has 1 aromatic carbocycles. The van der Waals surface area contributed by atoms with Crippen molar-refractivity contribution in [2.24, 2.45) is 0 Å². The van der Waals surface area contributed by atoms with Crippen LogP contribution < -0.4 is 0 Å². The number of hydrogen-bond acceptors (Lipinski definition) is 4. The molecule has 0 unspecified atom stereocenters. The Morgan fingerprint density at radius 2 is 1.94 bits per heavy atom. The van der Waals surface area contributed by atoms with Crippen LogP contribution in [0.1, 0.15) is 12.5 Å². The lowest BCUT2D eigenvalue weighted by atomic mass is 10.1. The number of nitro benzene ring substituents is 1. The summed E-state index contributed by atoms with van der Waals surface area (Å²) >= 11 is 0. The van der Waals surface area contributed by atoms with E-state index in [4.69, 9.17) is 0 Å². The fourth-order valence-corrected chi connectivity index (χ4v) is 2.12. The lowest BCUT2D eigenvalue weighted by molar-refractivity contribution is -0.385. The molecular formula is C10H11NO4S. The van der Waals surface area contributed by atoms with Gasteiger partial charge in [0, 0.05) is 17.7 Å². The molecule has 0 aromatic heterocycles. The Balaban J connectivity index is 3.34. The summed E-state index contributed by atoms with van der Waals surface area (Å²) in [5, 5.41) is 11.7. The molecule has 0 spiro atoms. The van der Waals surface area contributed by atoms with Gasteiger partial charge in [0.1, 0.15) is 0 Å². The molecule has 0 heterocycles. The SMILES string of the molecule is C/C(=C\S(C)(=O)=O)c1ccccc1[N+](=O)[O-]. The molecule has 0 fully saturated rings. The Morgan fingerprint density at radius 1 is 1.38 bits per heavy atom. The molecule has 1 rings (SSSR count). The van der Waals surface area contributed by atoms with E-state index in [0.717, 1.165) is 11.7 Å². The molecule has 16 heavy (non-hydrogen) atoms. The van der Waals surface area contributed by atoms with Gasteiger partial charge >= 0.3 is 0 Å². The Labute approximate surface area is 93.5 Å². The molecule has 0 amide bonds. The second-order valence-corrected chi connectivity index (χ2v) is 5.30. The van der Waals surface area contributed by atoms with Gasteiger partial charge < -0.3 is 0 Å². The number of nitrogens with zero attached hydrogens (tertiary/aromatic N) is 1. The summed E-state index contributed by atoms with van der Waals surface area (Å²) in [7, 11) is -3.30. The first kappa shape index (κ1) is 12.4. The van der Waals surface area contributed by atoms with Crippen molar-refractivity contribution < 1.29 is 13.3 Å². The van der Waals surface area contributed by atoms with E-state index in [1.807, 2.05) is 0 Å². The van der Waals surface area contributed by atoms with Crippen LogP contribution in [-0.4, -0.2) is 19.6 Å². The minimum absolute atomic E-state index is 0.0973. The van der Waals surface area contributed by atoms with Gasteiger partial charge in [-0.3, -0.25) is 10.1 Å². The van der Waals surface area contributed by atoms with Gasteiger partial charge in [0.2, 0.25) is 0 Å². The molecule has 0 saturated carbocycles. The van der Waals surface area contributed by atoms with Crippen molar-refractivity contribution in [3.8, 4) is 0 Å². The molecule has 86 valence electrons. The third kappa shape index (κ3) is 3.16. The van der Waals surface area contributed by atoms with E-state index in [9.17, 15) is 18.5 Å². The summed E-state index contributed by atoms with van der Waals surface area (Å²) in [4.78, 5) is 10.2. The van der Waals surface area contributed by atoms with E-state index in [2.05, 4.69) is 0 Å². The molecule has 6 heteroatoms. The quantitative estimate of drug-likeness (QED) is 0.599. The first-order valence-electron chi connectivity index (χ1n) is 4.43. The summed E-state index contributed by atoms with van der Waals surface area (Å²) in [6.07, 6.45) is 1.05. The summed E-state index contributed by atoms with van der Waals surface area (Å²) in [6, 6.07) is 6.03. The van der Waals surface area contributed by atoms with E-state index in [1.54, 1.807) is 6.07 Å². The number of sulfone groups is 1. The molecule has 0 atom stereocenters. The highest BCUT2D eigenvalue weighted by Gasteiger charge is 2.14. The predicted octanol–water partition coefficient (Wildman–Crippen LogP) is 2.00. The fourth-order valence-electron chi connectivity index (χ4n) is 1.35. The minimum Gasteiger partial charge on any atom is -0.258 e. The van der Waals surface area contributed by atoms with Crippen LogP contribution in [0.3, 0.4) is 0 Å². The standard InChI is InChI=1S/C10H11NO4S/c1-8(7-16(2,14)15)9-5-3-4-6-10(9)11(12)13/h3-7H,1-2H3/b8-7+. The van der Waals surface area contributed by atoms with E-state index >= 15 is 0 Å². The average molecular weight is 241 g/mol. The second kappa shape index (κ2) is 4.44. The van der Waals surface area contributed by atoms with Gasteiger partial charge in [-0.05, 0) is 18.6 Å². The number of nitro groups is 1. The van der Waals surface area contributed by atoms with Crippen molar-refractivity contribution in [2.75, 3.05) is 6.26 Å². The average Bonchev–Trinajstić information content (AvgIpc) is 2.15. The van der Waals surface area contributed by atoms with Crippen molar-refractivity contribution >= 4 is 21.1 Å². The maximum absolute atomic E-state index is 11.0. The molecule has 0 radical (unpaired) electrons. The van der Waals surface area contributed by atoms with E-state index < -0.39 is 14.8 Å². The van der Waals surface area contributed by atoms with Gasteiger partial charge in [-0.15, -0.1) is 0 Å². The summed E-state index contributed by atoms with van der Waals surface area (Å²) < 4.78 is 22.1. The molecule has 0 bridgehead atoms. The van der Waals surface area contributed by atoms with Crippen molar-refractivity contribution in [1.29, 1.82) is 0 Å². The van der Waals surface area contributed by atoms with Crippen LogP contribution in [0, 0.1) is 10.1 Å². The summed E-state index contributed by atoms with van der Waals surface area (Å²) in [6.45, 7) is 1.53. The third-order valence-electron chi connectivity index (χ3n) is 1.92. The second-order valence-electron chi connectivity index (χ2n) is 3.40.